The largest absolute Gasteiger partial charge is 0.480 e. The number of hydrogen-bond acceptors (Lipinski definition) is 4. The molecule has 29 heavy (non-hydrogen) atoms. The van der Waals surface area contributed by atoms with Gasteiger partial charge in [-0.05, 0) is 23.0 Å². The number of nitrogens with two attached hydrogens (primary N) is 1. The first-order valence-electron chi connectivity index (χ1n) is 10.4. The molecule has 0 bridgehead atoms. The van der Waals surface area contributed by atoms with E-state index in [1.54, 1.807) is 6.92 Å². The van der Waals surface area contributed by atoms with Crippen molar-refractivity contribution in [3.63, 3.8) is 0 Å². The summed E-state index contributed by atoms with van der Waals surface area (Å²) < 4.78 is 0. The number of benzene rings is 1. The van der Waals surface area contributed by atoms with Crippen LogP contribution in [-0.4, -0.2) is 45.9 Å². The molecular formula is C22H33N3O4. The maximum Gasteiger partial charge on any atom is 0.326 e. The molecule has 0 spiro atoms. The summed E-state index contributed by atoms with van der Waals surface area (Å²) in [7, 11) is 0. The van der Waals surface area contributed by atoms with Gasteiger partial charge in [0.25, 0.3) is 0 Å². The van der Waals surface area contributed by atoms with E-state index in [4.69, 9.17) is 5.73 Å². The molecule has 1 aliphatic heterocycles. The van der Waals surface area contributed by atoms with Crippen molar-refractivity contribution in [1.82, 2.24) is 10.2 Å². The van der Waals surface area contributed by atoms with Gasteiger partial charge in [-0.15, -0.1) is 0 Å². The van der Waals surface area contributed by atoms with Gasteiger partial charge in [-0.2, -0.15) is 0 Å². The molecule has 1 aromatic rings. The minimum absolute atomic E-state index is 0.0183. The summed E-state index contributed by atoms with van der Waals surface area (Å²) in [5.74, 6) is -2.03. The van der Waals surface area contributed by atoms with Gasteiger partial charge >= 0.3 is 5.97 Å². The number of nitrogens with zero attached hydrogens (tertiary/aromatic N) is 1. The molecule has 1 heterocycles. The average molecular weight is 404 g/mol. The Labute approximate surface area is 172 Å². The van der Waals surface area contributed by atoms with Crippen molar-refractivity contribution in [2.45, 2.75) is 71.6 Å². The summed E-state index contributed by atoms with van der Waals surface area (Å²) in [4.78, 5) is 39.4. The Hall–Kier alpha value is -2.41. The third kappa shape index (κ3) is 5.15. The molecule has 5 atom stereocenters. The van der Waals surface area contributed by atoms with E-state index in [9.17, 15) is 19.5 Å². The quantitative estimate of drug-likeness (QED) is 0.614. The zero-order valence-electron chi connectivity index (χ0n) is 17.7. The summed E-state index contributed by atoms with van der Waals surface area (Å²) in [5.41, 5.74) is 8.16. The monoisotopic (exact) mass is 403 g/mol. The van der Waals surface area contributed by atoms with E-state index >= 15 is 0 Å². The Kier molecular flexibility index (Phi) is 7.79. The number of fused-ring (bicyclic) bond motifs is 1. The molecule has 1 aliphatic rings. The molecule has 2 rings (SSSR count). The SMILES string of the molecule is CC[C@H](C)[C@H](N)C(=O)N1Cc2ccccc2C[C@H]1C(=O)N[C@H](C(=O)O)[C@@H](C)CC. The number of carbonyl (C=O) groups is 3. The van der Waals surface area contributed by atoms with E-state index < -0.39 is 30.0 Å². The van der Waals surface area contributed by atoms with Crippen LogP contribution in [-0.2, 0) is 27.3 Å². The van der Waals surface area contributed by atoms with Crippen LogP contribution in [0.2, 0.25) is 0 Å². The predicted octanol–water partition coefficient (Wildman–Crippen LogP) is 1.93. The molecule has 7 nitrogen and oxygen atoms in total. The fraction of sp³-hybridized carbons (Fsp3) is 0.591. The van der Waals surface area contributed by atoms with Crippen molar-refractivity contribution in [2.24, 2.45) is 17.6 Å². The Balaban J connectivity index is 2.32. The highest BCUT2D eigenvalue weighted by molar-refractivity contribution is 5.92. The first-order chi connectivity index (χ1) is 13.7. The highest BCUT2D eigenvalue weighted by Crippen LogP contribution is 2.25. The lowest BCUT2D eigenvalue weighted by Gasteiger charge is -2.38. The van der Waals surface area contributed by atoms with E-state index in [0.717, 1.165) is 17.5 Å². The van der Waals surface area contributed by atoms with Crippen LogP contribution in [0.4, 0.5) is 0 Å². The average Bonchev–Trinajstić information content (AvgIpc) is 2.73. The smallest absolute Gasteiger partial charge is 0.326 e. The first-order valence-corrected chi connectivity index (χ1v) is 10.4. The second-order valence-corrected chi connectivity index (χ2v) is 8.08. The number of amides is 2. The molecule has 7 heteroatoms. The molecule has 2 amide bonds. The maximum absolute atomic E-state index is 13.1. The standard InChI is InChI=1S/C22H33N3O4/c1-5-13(3)18(23)21(27)25-12-16-10-8-7-9-15(16)11-17(25)20(26)24-19(22(28)29)14(4)6-2/h7-10,13-14,17-19H,5-6,11-12,23H2,1-4H3,(H,24,26)(H,28,29)/t13-,14-,17-,18-,19-/m0/s1. The van der Waals surface area contributed by atoms with Crippen LogP contribution in [0.5, 0.6) is 0 Å². The molecule has 0 fully saturated rings. The van der Waals surface area contributed by atoms with E-state index in [1.165, 1.54) is 4.90 Å². The van der Waals surface area contributed by atoms with Crippen LogP contribution in [0, 0.1) is 11.8 Å². The lowest BCUT2D eigenvalue weighted by Crippen LogP contribution is -2.59. The lowest BCUT2D eigenvalue weighted by molar-refractivity contribution is -0.147. The highest BCUT2D eigenvalue weighted by Gasteiger charge is 2.39. The molecule has 0 aliphatic carbocycles. The second kappa shape index (κ2) is 9.87. The fourth-order valence-corrected chi connectivity index (χ4v) is 3.61. The van der Waals surface area contributed by atoms with Crippen molar-refractivity contribution < 1.29 is 19.5 Å². The Morgan fingerprint density at radius 1 is 1.14 bits per heavy atom. The summed E-state index contributed by atoms with van der Waals surface area (Å²) >= 11 is 0. The Morgan fingerprint density at radius 3 is 2.28 bits per heavy atom. The van der Waals surface area contributed by atoms with Gasteiger partial charge in [-0.1, -0.05) is 64.8 Å². The number of carbonyl (C=O) groups excluding carboxylic acids is 2. The number of nitrogens with one attached hydrogen (secondary N) is 1. The summed E-state index contributed by atoms with van der Waals surface area (Å²) in [6, 6.07) is 5.20. The number of rotatable bonds is 8. The van der Waals surface area contributed by atoms with E-state index in [0.29, 0.717) is 12.8 Å². The maximum atomic E-state index is 13.1. The van der Waals surface area contributed by atoms with Crippen LogP contribution in [0.15, 0.2) is 24.3 Å². The minimum atomic E-state index is -1.07. The second-order valence-electron chi connectivity index (χ2n) is 8.08. The first kappa shape index (κ1) is 22.9. The van der Waals surface area contributed by atoms with Gasteiger partial charge in [0.15, 0.2) is 0 Å². The zero-order valence-corrected chi connectivity index (χ0v) is 17.7. The molecule has 1 aromatic carbocycles. The molecule has 0 saturated heterocycles. The molecule has 0 saturated carbocycles. The van der Waals surface area contributed by atoms with Crippen LogP contribution in [0.25, 0.3) is 0 Å². The number of hydrogen-bond donors (Lipinski definition) is 3. The zero-order chi connectivity index (χ0) is 21.7. The van der Waals surface area contributed by atoms with Crippen molar-refractivity contribution in [3.8, 4) is 0 Å². The highest BCUT2D eigenvalue weighted by atomic mass is 16.4. The summed E-state index contributed by atoms with van der Waals surface area (Å²) in [6.07, 6.45) is 1.71. The number of carboxylic acids is 1. The molecule has 0 unspecified atom stereocenters. The van der Waals surface area contributed by atoms with Gasteiger partial charge in [0.1, 0.15) is 12.1 Å². The van der Waals surface area contributed by atoms with E-state index in [-0.39, 0.29) is 24.3 Å². The topological polar surface area (TPSA) is 113 Å². The normalized spacial score (nSPS) is 20.2. The molecule has 160 valence electrons. The molecule has 0 radical (unpaired) electrons. The van der Waals surface area contributed by atoms with Crippen molar-refractivity contribution in [1.29, 1.82) is 0 Å². The molecular weight excluding hydrogens is 370 g/mol. The molecule has 0 aromatic heterocycles. The van der Waals surface area contributed by atoms with Gasteiger partial charge in [0, 0.05) is 13.0 Å². The minimum Gasteiger partial charge on any atom is -0.480 e. The molecule has 4 N–H and O–H groups in total. The van der Waals surface area contributed by atoms with Crippen molar-refractivity contribution in [3.05, 3.63) is 35.4 Å². The summed E-state index contributed by atoms with van der Waals surface area (Å²) in [5, 5.41) is 12.2. The van der Waals surface area contributed by atoms with Gasteiger partial charge in [0.2, 0.25) is 11.8 Å². The van der Waals surface area contributed by atoms with Crippen LogP contribution >= 0.6 is 0 Å². The third-order valence-corrected chi connectivity index (χ3v) is 6.15. The van der Waals surface area contributed by atoms with Crippen molar-refractivity contribution >= 4 is 17.8 Å². The van der Waals surface area contributed by atoms with Gasteiger partial charge in [-0.3, -0.25) is 9.59 Å². The van der Waals surface area contributed by atoms with Gasteiger partial charge in [-0.25, -0.2) is 4.79 Å². The van der Waals surface area contributed by atoms with Crippen LogP contribution in [0.1, 0.15) is 51.7 Å². The fourth-order valence-electron chi connectivity index (χ4n) is 3.61. The third-order valence-electron chi connectivity index (χ3n) is 6.15. The Bertz CT molecular complexity index is 751. The number of carboxylic acid groups (broad SMARTS) is 1. The van der Waals surface area contributed by atoms with Crippen LogP contribution in [0.3, 0.4) is 0 Å². The lowest BCUT2D eigenvalue weighted by atomic mass is 9.90. The van der Waals surface area contributed by atoms with Gasteiger partial charge < -0.3 is 21.1 Å². The number of aliphatic carboxylic acids is 1. The van der Waals surface area contributed by atoms with Crippen molar-refractivity contribution in [2.75, 3.05) is 0 Å². The predicted molar refractivity (Wildman–Crippen MR) is 111 cm³/mol. The van der Waals surface area contributed by atoms with E-state index in [1.807, 2.05) is 45.0 Å². The Morgan fingerprint density at radius 2 is 1.72 bits per heavy atom. The summed E-state index contributed by atoms with van der Waals surface area (Å²) in [6.45, 7) is 7.84. The van der Waals surface area contributed by atoms with E-state index in [2.05, 4.69) is 5.32 Å². The van der Waals surface area contributed by atoms with Gasteiger partial charge in [0.05, 0.1) is 6.04 Å². The van der Waals surface area contributed by atoms with Crippen LogP contribution < -0.4 is 11.1 Å².